The van der Waals surface area contributed by atoms with E-state index in [0.717, 1.165) is 0 Å². The summed E-state index contributed by atoms with van der Waals surface area (Å²) >= 11 is 11.8. The van der Waals surface area contributed by atoms with Gasteiger partial charge in [0.1, 0.15) is 0 Å². The Morgan fingerprint density at radius 2 is 2.04 bits per heavy atom. The third kappa shape index (κ3) is 3.16. The first kappa shape index (κ1) is 15.8. The van der Waals surface area contributed by atoms with Crippen LogP contribution in [0.4, 0.5) is 5.69 Å². The molecule has 11 heteroatoms. The van der Waals surface area contributed by atoms with Gasteiger partial charge in [-0.1, -0.05) is 23.2 Å². The maximum atomic E-state index is 12.3. The van der Waals surface area contributed by atoms with Crippen molar-refractivity contribution in [3.8, 4) is 5.82 Å². The van der Waals surface area contributed by atoms with Gasteiger partial charge < -0.3 is 4.98 Å². The number of imidazole rings is 1. The number of rotatable bonds is 4. The van der Waals surface area contributed by atoms with E-state index in [1.54, 1.807) is 6.92 Å². The van der Waals surface area contributed by atoms with Gasteiger partial charge in [-0.3, -0.25) is 4.72 Å². The number of nitrogens with zero attached hydrogens (tertiary/aromatic N) is 4. The molecule has 0 aliphatic carbocycles. The zero-order valence-corrected chi connectivity index (χ0v) is 14.0. The second kappa shape index (κ2) is 5.84. The van der Waals surface area contributed by atoms with Crippen molar-refractivity contribution < 1.29 is 8.42 Å². The van der Waals surface area contributed by atoms with Gasteiger partial charge in [0.15, 0.2) is 10.8 Å². The minimum Gasteiger partial charge on any atom is -0.348 e. The third-order valence-corrected chi connectivity index (χ3v) is 4.79. The maximum Gasteiger partial charge on any atom is 0.281 e. The SMILES string of the molecule is Cc1[nH]cnc1S(=O)(=O)Nc1cnn(-c2ncc(Cl)cc2Cl)c1. The fourth-order valence-corrected chi connectivity index (χ4v) is 3.52. The molecule has 0 saturated heterocycles. The van der Waals surface area contributed by atoms with Crippen molar-refractivity contribution >= 4 is 38.9 Å². The van der Waals surface area contributed by atoms with Gasteiger partial charge >= 0.3 is 0 Å². The Kier molecular flexibility index (Phi) is 4.00. The number of H-pyrrole nitrogens is 1. The number of sulfonamides is 1. The monoisotopic (exact) mass is 372 g/mol. The van der Waals surface area contributed by atoms with Crippen molar-refractivity contribution in [2.75, 3.05) is 4.72 Å². The van der Waals surface area contributed by atoms with Crippen molar-refractivity contribution in [2.24, 2.45) is 0 Å². The molecule has 3 aromatic heterocycles. The summed E-state index contributed by atoms with van der Waals surface area (Å²) in [6, 6.07) is 1.52. The van der Waals surface area contributed by atoms with Crippen molar-refractivity contribution in [3.63, 3.8) is 0 Å². The minimum absolute atomic E-state index is 0.0760. The molecule has 120 valence electrons. The van der Waals surface area contributed by atoms with Gasteiger partial charge in [0.25, 0.3) is 10.0 Å². The van der Waals surface area contributed by atoms with Crippen LogP contribution in [0.25, 0.3) is 5.82 Å². The summed E-state index contributed by atoms with van der Waals surface area (Å²) in [5.41, 5.74) is 0.688. The Bertz CT molecular complexity index is 966. The van der Waals surface area contributed by atoms with Crippen LogP contribution in [0, 0.1) is 6.92 Å². The van der Waals surface area contributed by atoms with Gasteiger partial charge in [-0.2, -0.15) is 13.5 Å². The Balaban J connectivity index is 1.90. The quantitative estimate of drug-likeness (QED) is 0.731. The highest BCUT2D eigenvalue weighted by atomic mass is 35.5. The standard InChI is InChI=1S/C12H10Cl2N6O2S/c1-7-12(17-6-16-7)23(21,22)19-9-4-18-20(5-9)11-10(14)2-8(13)3-15-11/h2-6,19H,1H3,(H,16,17). The summed E-state index contributed by atoms with van der Waals surface area (Å²) in [6.45, 7) is 1.61. The number of halogens is 2. The Morgan fingerprint density at radius 3 is 2.70 bits per heavy atom. The number of nitrogens with one attached hydrogen (secondary N) is 2. The first-order valence-corrected chi connectivity index (χ1v) is 8.49. The van der Waals surface area contributed by atoms with E-state index in [4.69, 9.17) is 23.2 Å². The smallest absolute Gasteiger partial charge is 0.281 e. The van der Waals surface area contributed by atoms with Gasteiger partial charge in [0.2, 0.25) is 0 Å². The van der Waals surface area contributed by atoms with Crippen molar-refractivity contribution in [3.05, 3.63) is 46.7 Å². The molecule has 0 bridgehead atoms. The molecule has 0 spiro atoms. The van der Waals surface area contributed by atoms with Gasteiger partial charge in [-0.05, 0) is 13.0 Å². The molecule has 3 rings (SSSR count). The number of anilines is 1. The molecule has 23 heavy (non-hydrogen) atoms. The summed E-state index contributed by atoms with van der Waals surface area (Å²) in [5.74, 6) is 0.331. The van der Waals surface area contributed by atoms with E-state index in [2.05, 4.69) is 24.8 Å². The van der Waals surface area contributed by atoms with Crippen LogP contribution in [-0.4, -0.2) is 33.2 Å². The fourth-order valence-electron chi connectivity index (χ4n) is 1.89. The summed E-state index contributed by atoms with van der Waals surface area (Å²) in [7, 11) is -3.81. The number of pyridine rings is 1. The van der Waals surface area contributed by atoms with E-state index in [0.29, 0.717) is 16.5 Å². The first-order valence-electron chi connectivity index (χ1n) is 6.26. The second-order valence-electron chi connectivity index (χ2n) is 4.57. The molecule has 3 aromatic rings. The molecule has 0 radical (unpaired) electrons. The van der Waals surface area contributed by atoms with E-state index in [-0.39, 0.29) is 15.7 Å². The highest BCUT2D eigenvalue weighted by Gasteiger charge is 2.20. The maximum absolute atomic E-state index is 12.3. The van der Waals surface area contributed by atoms with Crippen LogP contribution in [-0.2, 0) is 10.0 Å². The Morgan fingerprint density at radius 1 is 1.26 bits per heavy atom. The summed E-state index contributed by atoms with van der Waals surface area (Å²) in [5, 5.41) is 4.64. The van der Waals surface area contributed by atoms with Crippen molar-refractivity contribution in [1.82, 2.24) is 24.7 Å². The van der Waals surface area contributed by atoms with E-state index in [9.17, 15) is 8.42 Å². The molecule has 0 unspecified atom stereocenters. The van der Waals surface area contributed by atoms with Crippen LogP contribution in [0.15, 0.2) is 36.0 Å². The van der Waals surface area contributed by atoms with Crippen LogP contribution in [0.1, 0.15) is 5.69 Å². The first-order chi connectivity index (χ1) is 10.9. The van der Waals surface area contributed by atoms with E-state index in [1.165, 1.54) is 35.7 Å². The predicted molar refractivity (Wildman–Crippen MR) is 85.5 cm³/mol. The minimum atomic E-state index is -3.81. The van der Waals surface area contributed by atoms with Crippen LogP contribution >= 0.6 is 23.2 Å². The van der Waals surface area contributed by atoms with Crippen LogP contribution in [0.2, 0.25) is 10.0 Å². The number of aromatic nitrogens is 5. The number of aromatic amines is 1. The van der Waals surface area contributed by atoms with Gasteiger partial charge in [-0.25, -0.2) is 14.6 Å². The molecule has 0 aliphatic rings. The van der Waals surface area contributed by atoms with Crippen molar-refractivity contribution in [2.45, 2.75) is 11.9 Å². The molecular weight excluding hydrogens is 363 g/mol. The third-order valence-electron chi connectivity index (χ3n) is 2.88. The number of aryl methyl sites for hydroxylation is 1. The number of hydrogen-bond donors (Lipinski definition) is 2. The molecule has 0 aliphatic heterocycles. The zero-order valence-electron chi connectivity index (χ0n) is 11.7. The zero-order chi connectivity index (χ0) is 16.6. The lowest BCUT2D eigenvalue weighted by molar-refractivity contribution is 0.597. The molecule has 8 nitrogen and oxygen atoms in total. The number of hydrogen-bond acceptors (Lipinski definition) is 5. The summed E-state index contributed by atoms with van der Waals surface area (Å²) in [6.07, 6.45) is 5.51. The van der Waals surface area contributed by atoms with Gasteiger partial charge in [0, 0.05) is 6.20 Å². The van der Waals surface area contributed by atoms with Crippen LogP contribution in [0.3, 0.4) is 0 Å². The lowest BCUT2D eigenvalue weighted by Crippen LogP contribution is -2.14. The molecule has 0 amide bonds. The molecule has 0 aromatic carbocycles. The Labute approximate surface area is 141 Å². The van der Waals surface area contributed by atoms with E-state index in [1.807, 2.05) is 0 Å². The molecule has 3 heterocycles. The van der Waals surface area contributed by atoms with Crippen LogP contribution in [0.5, 0.6) is 0 Å². The molecule has 0 saturated carbocycles. The predicted octanol–water partition coefficient (Wildman–Crippen LogP) is 2.41. The van der Waals surface area contributed by atoms with Crippen LogP contribution < -0.4 is 4.72 Å². The lowest BCUT2D eigenvalue weighted by atomic mass is 10.4. The average molecular weight is 373 g/mol. The molecule has 0 fully saturated rings. The lowest BCUT2D eigenvalue weighted by Gasteiger charge is -2.04. The second-order valence-corrected chi connectivity index (χ2v) is 7.01. The van der Waals surface area contributed by atoms with E-state index >= 15 is 0 Å². The van der Waals surface area contributed by atoms with Gasteiger partial charge in [0.05, 0.1) is 40.1 Å². The molecule has 2 N–H and O–H groups in total. The molecule has 0 atom stereocenters. The normalized spacial score (nSPS) is 11.6. The largest absolute Gasteiger partial charge is 0.348 e. The fraction of sp³-hybridized carbons (Fsp3) is 0.0833. The highest BCUT2D eigenvalue weighted by molar-refractivity contribution is 7.92. The van der Waals surface area contributed by atoms with Gasteiger partial charge in [-0.15, -0.1) is 0 Å². The Hall–Kier alpha value is -2.10. The summed E-state index contributed by atoms with van der Waals surface area (Å²) < 4.78 is 28.2. The van der Waals surface area contributed by atoms with Crippen molar-refractivity contribution in [1.29, 1.82) is 0 Å². The molecular formula is C12H10Cl2N6O2S. The van der Waals surface area contributed by atoms with E-state index < -0.39 is 10.0 Å². The average Bonchev–Trinajstić information content (AvgIpc) is 3.08. The summed E-state index contributed by atoms with van der Waals surface area (Å²) in [4.78, 5) is 10.6. The highest BCUT2D eigenvalue weighted by Crippen LogP contribution is 2.23. The topological polar surface area (TPSA) is 106 Å².